The summed E-state index contributed by atoms with van der Waals surface area (Å²) in [6.45, 7) is 3.67. The number of nitrogens with zero attached hydrogens (tertiary/aromatic N) is 4. The van der Waals surface area contributed by atoms with Crippen molar-refractivity contribution in [2.24, 2.45) is 0 Å². The monoisotopic (exact) mass is 413 g/mol. The van der Waals surface area contributed by atoms with Gasteiger partial charge in [-0.1, -0.05) is 36.4 Å². The van der Waals surface area contributed by atoms with Crippen LogP contribution >= 0.6 is 11.8 Å². The maximum absolute atomic E-state index is 12.3. The van der Waals surface area contributed by atoms with Crippen LogP contribution in [0.1, 0.15) is 13.8 Å². The van der Waals surface area contributed by atoms with Crippen LogP contribution in [0.3, 0.4) is 0 Å². The van der Waals surface area contributed by atoms with Crippen molar-refractivity contribution in [3.8, 4) is 11.4 Å². The summed E-state index contributed by atoms with van der Waals surface area (Å²) in [5.41, 5.74) is 1.55. The topological polar surface area (TPSA) is 87.2 Å². The number of aromatic nitrogens is 4. The molecular weight excluding hydrogens is 392 g/mol. The SMILES string of the molecule is CCOC(=O)C(Sc1nn(-c2ccccc2)[n+](-c2ccccc2)n1)C(=O)OCC. The molecule has 0 saturated carbocycles. The lowest BCUT2D eigenvalue weighted by Gasteiger charge is -2.10. The van der Waals surface area contributed by atoms with Gasteiger partial charge >= 0.3 is 17.1 Å². The van der Waals surface area contributed by atoms with Gasteiger partial charge in [-0.25, -0.2) is 0 Å². The second kappa shape index (κ2) is 9.83. The number of benzene rings is 2. The first kappa shape index (κ1) is 20.5. The summed E-state index contributed by atoms with van der Waals surface area (Å²) in [5, 5.41) is 8.03. The summed E-state index contributed by atoms with van der Waals surface area (Å²) in [5.74, 6) is -1.36. The smallest absolute Gasteiger partial charge is 0.368 e. The molecule has 0 unspecified atom stereocenters. The second-order valence-corrected chi connectivity index (χ2v) is 6.81. The number of ether oxygens (including phenoxy) is 2. The van der Waals surface area contributed by atoms with Gasteiger partial charge in [0.1, 0.15) is 5.69 Å². The first-order chi connectivity index (χ1) is 14.1. The van der Waals surface area contributed by atoms with E-state index in [-0.39, 0.29) is 18.4 Å². The molecule has 0 amide bonds. The van der Waals surface area contributed by atoms with Crippen LogP contribution in [0, 0.1) is 0 Å². The summed E-state index contributed by atoms with van der Waals surface area (Å²) in [6.07, 6.45) is 0. The lowest BCUT2D eigenvalue weighted by molar-refractivity contribution is -0.736. The van der Waals surface area contributed by atoms with Crippen molar-refractivity contribution in [3.63, 3.8) is 0 Å². The maximum atomic E-state index is 12.3. The number of carbonyl (C=O) groups excluding carboxylic acids is 2. The first-order valence-corrected chi connectivity index (χ1v) is 10.0. The molecule has 0 atom stereocenters. The Balaban J connectivity index is 1.99. The van der Waals surface area contributed by atoms with Gasteiger partial charge in [-0.3, -0.25) is 9.59 Å². The molecule has 0 spiro atoms. The molecule has 1 aromatic heterocycles. The lowest BCUT2D eigenvalue weighted by atomic mass is 10.3. The molecule has 9 heteroatoms. The van der Waals surface area contributed by atoms with Gasteiger partial charge in [0.2, 0.25) is 5.25 Å². The van der Waals surface area contributed by atoms with E-state index in [4.69, 9.17) is 9.47 Å². The van der Waals surface area contributed by atoms with Crippen LogP contribution in [0.5, 0.6) is 0 Å². The van der Waals surface area contributed by atoms with Crippen molar-refractivity contribution < 1.29 is 23.9 Å². The van der Waals surface area contributed by atoms with Crippen LogP contribution in [-0.2, 0) is 19.1 Å². The molecule has 0 aliphatic heterocycles. The molecule has 0 aliphatic rings. The van der Waals surface area contributed by atoms with E-state index in [1.54, 1.807) is 23.4 Å². The van der Waals surface area contributed by atoms with E-state index in [0.717, 1.165) is 23.1 Å². The van der Waals surface area contributed by atoms with Crippen LogP contribution in [0.25, 0.3) is 11.4 Å². The predicted octanol–water partition coefficient (Wildman–Crippen LogP) is 2.13. The van der Waals surface area contributed by atoms with E-state index in [0.29, 0.717) is 0 Å². The van der Waals surface area contributed by atoms with Gasteiger partial charge in [-0.05, 0) is 54.7 Å². The Morgan fingerprint density at radius 3 is 2.07 bits per heavy atom. The Kier molecular flexibility index (Phi) is 6.96. The molecule has 2 aromatic carbocycles. The highest BCUT2D eigenvalue weighted by Gasteiger charge is 2.36. The second-order valence-electron chi connectivity index (χ2n) is 5.73. The van der Waals surface area contributed by atoms with Crippen LogP contribution in [0.15, 0.2) is 65.8 Å². The number of thioether (sulfide) groups is 1. The average molecular weight is 413 g/mol. The fourth-order valence-corrected chi connectivity index (χ4v) is 3.29. The Morgan fingerprint density at radius 1 is 0.966 bits per heavy atom. The summed E-state index contributed by atoms with van der Waals surface area (Å²) in [6, 6.07) is 18.9. The van der Waals surface area contributed by atoms with Crippen molar-refractivity contribution in [2.45, 2.75) is 24.3 Å². The van der Waals surface area contributed by atoms with Crippen molar-refractivity contribution in [2.75, 3.05) is 13.2 Å². The number of rotatable bonds is 8. The number of esters is 2. The summed E-state index contributed by atoms with van der Waals surface area (Å²) < 4.78 is 10.0. The zero-order valence-electron chi connectivity index (χ0n) is 16.1. The van der Waals surface area contributed by atoms with Crippen LogP contribution in [0.2, 0.25) is 0 Å². The van der Waals surface area contributed by atoms with Crippen LogP contribution in [0.4, 0.5) is 0 Å². The van der Waals surface area contributed by atoms with Gasteiger partial charge in [0.05, 0.1) is 18.3 Å². The Hall–Kier alpha value is -3.20. The molecular formula is C20H21N4O4S+. The van der Waals surface area contributed by atoms with Crippen molar-refractivity contribution >= 4 is 23.7 Å². The van der Waals surface area contributed by atoms with Gasteiger partial charge in [-0.15, -0.1) is 0 Å². The molecule has 0 radical (unpaired) electrons. The first-order valence-electron chi connectivity index (χ1n) is 9.14. The minimum absolute atomic E-state index is 0.158. The summed E-state index contributed by atoms with van der Waals surface area (Å²) in [4.78, 5) is 27.8. The Labute approximate surface area is 172 Å². The molecule has 0 saturated heterocycles. The fraction of sp³-hybridized carbons (Fsp3) is 0.250. The third-order valence-corrected chi connectivity index (χ3v) is 4.73. The van der Waals surface area contributed by atoms with E-state index in [9.17, 15) is 9.59 Å². The molecule has 29 heavy (non-hydrogen) atoms. The van der Waals surface area contributed by atoms with E-state index < -0.39 is 17.2 Å². The highest BCUT2D eigenvalue weighted by atomic mass is 32.2. The van der Waals surface area contributed by atoms with E-state index >= 15 is 0 Å². The maximum Gasteiger partial charge on any atom is 0.368 e. The number of para-hydroxylation sites is 2. The van der Waals surface area contributed by atoms with E-state index in [1.807, 2.05) is 60.7 Å². The van der Waals surface area contributed by atoms with Crippen molar-refractivity contribution in [1.29, 1.82) is 0 Å². The highest BCUT2D eigenvalue weighted by Crippen LogP contribution is 2.22. The van der Waals surface area contributed by atoms with Crippen LogP contribution in [-0.4, -0.2) is 45.4 Å². The normalized spacial score (nSPS) is 10.7. The highest BCUT2D eigenvalue weighted by molar-refractivity contribution is 8.01. The number of hydrogen-bond donors (Lipinski definition) is 0. The molecule has 0 N–H and O–H groups in total. The lowest BCUT2D eigenvalue weighted by Crippen LogP contribution is -2.43. The molecule has 0 aliphatic carbocycles. The zero-order chi connectivity index (χ0) is 20.6. The third-order valence-electron chi connectivity index (χ3n) is 3.74. The summed E-state index contributed by atoms with van der Waals surface area (Å²) >= 11 is 0.896. The van der Waals surface area contributed by atoms with Gasteiger partial charge in [0.15, 0.2) is 5.69 Å². The third kappa shape index (κ3) is 5.00. The molecule has 1 heterocycles. The van der Waals surface area contributed by atoms with Gasteiger partial charge in [0.25, 0.3) is 0 Å². The minimum atomic E-state index is -1.20. The van der Waals surface area contributed by atoms with Gasteiger partial charge in [-0.2, -0.15) is 0 Å². The Morgan fingerprint density at radius 2 is 1.52 bits per heavy atom. The summed E-state index contributed by atoms with van der Waals surface area (Å²) in [7, 11) is 0. The zero-order valence-corrected chi connectivity index (χ0v) is 16.9. The van der Waals surface area contributed by atoms with Crippen molar-refractivity contribution in [3.05, 3.63) is 60.7 Å². The standard InChI is InChI=1S/C20H21N4O4S/c1-3-27-18(25)17(19(26)28-4-2)29-20-21-23(15-11-7-5-8-12-15)24(22-20)16-13-9-6-10-14-16/h5-14,17H,3-4H2,1-2H3/q+1. The van der Waals surface area contributed by atoms with Gasteiger partial charge in [0, 0.05) is 9.90 Å². The molecule has 3 aromatic rings. The number of carbonyl (C=O) groups is 2. The predicted molar refractivity (Wildman–Crippen MR) is 106 cm³/mol. The largest absolute Gasteiger partial charge is 0.465 e. The quantitative estimate of drug-likeness (QED) is 0.242. The fourth-order valence-electron chi connectivity index (χ4n) is 2.50. The molecule has 3 rings (SSSR count). The molecule has 0 bridgehead atoms. The van der Waals surface area contributed by atoms with Gasteiger partial charge < -0.3 is 9.47 Å². The van der Waals surface area contributed by atoms with E-state index in [1.165, 1.54) is 0 Å². The van der Waals surface area contributed by atoms with Crippen LogP contribution < -0.4 is 4.80 Å². The van der Waals surface area contributed by atoms with E-state index in [2.05, 4.69) is 10.2 Å². The molecule has 0 fully saturated rings. The molecule has 150 valence electrons. The minimum Gasteiger partial charge on any atom is -0.465 e. The number of tetrazole rings is 1. The molecule has 8 nitrogen and oxygen atoms in total. The van der Waals surface area contributed by atoms with Crippen molar-refractivity contribution in [1.82, 2.24) is 15.0 Å². The Bertz CT molecular complexity index is 888. The average Bonchev–Trinajstić information content (AvgIpc) is 3.17. The number of hydrogen-bond acceptors (Lipinski definition) is 7.